The van der Waals surface area contributed by atoms with Crippen LogP contribution in [0.15, 0.2) is 24.4 Å². The summed E-state index contributed by atoms with van der Waals surface area (Å²) in [6.45, 7) is 1.19. The van der Waals surface area contributed by atoms with Crippen molar-refractivity contribution in [1.29, 1.82) is 0 Å². The van der Waals surface area contributed by atoms with Gasteiger partial charge in [-0.15, -0.1) is 0 Å². The SMILES string of the molecule is C1=C(c2cccnn2)CCC2(C1)CCCN2. The molecule has 1 saturated heterocycles. The summed E-state index contributed by atoms with van der Waals surface area (Å²) in [5.74, 6) is 0. The summed E-state index contributed by atoms with van der Waals surface area (Å²) in [6.07, 6.45) is 10.3. The van der Waals surface area contributed by atoms with Gasteiger partial charge in [0.2, 0.25) is 0 Å². The Kier molecular flexibility index (Phi) is 2.48. The van der Waals surface area contributed by atoms with Gasteiger partial charge in [0.1, 0.15) is 0 Å². The molecule has 1 aromatic heterocycles. The zero-order valence-corrected chi connectivity index (χ0v) is 9.45. The molecule has 1 aliphatic heterocycles. The molecule has 0 bridgehead atoms. The van der Waals surface area contributed by atoms with E-state index in [-0.39, 0.29) is 0 Å². The lowest BCUT2D eigenvalue weighted by Crippen LogP contribution is -2.40. The van der Waals surface area contributed by atoms with E-state index in [2.05, 4.69) is 27.7 Å². The van der Waals surface area contributed by atoms with Crippen molar-refractivity contribution in [2.45, 2.75) is 37.6 Å². The van der Waals surface area contributed by atoms with E-state index in [1.807, 2.05) is 6.07 Å². The highest BCUT2D eigenvalue weighted by atomic mass is 15.1. The summed E-state index contributed by atoms with van der Waals surface area (Å²) in [5, 5.41) is 11.8. The minimum atomic E-state index is 0.408. The monoisotopic (exact) mass is 215 g/mol. The van der Waals surface area contributed by atoms with Crippen LogP contribution in [0, 0.1) is 0 Å². The molecule has 84 valence electrons. The highest BCUT2D eigenvalue weighted by Crippen LogP contribution is 2.36. The molecule has 0 radical (unpaired) electrons. The smallest absolute Gasteiger partial charge is 0.0886 e. The second-order valence-corrected chi connectivity index (χ2v) is 4.85. The first-order valence-electron chi connectivity index (χ1n) is 6.10. The van der Waals surface area contributed by atoms with Crippen molar-refractivity contribution in [2.75, 3.05) is 6.54 Å². The first kappa shape index (κ1) is 9.97. The van der Waals surface area contributed by atoms with Gasteiger partial charge in [-0.05, 0) is 56.4 Å². The molecular formula is C13H17N3. The highest BCUT2D eigenvalue weighted by molar-refractivity contribution is 5.63. The molecule has 0 saturated carbocycles. The van der Waals surface area contributed by atoms with E-state index < -0.39 is 0 Å². The Labute approximate surface area is 96.0 Å². The summed E-state index contributed by atoms with van der Waals surface area (Å²) in [4.78, 5) is 0. The average Bonchev–Trinajstić information content (AvgIpc) is 2.80. The van der Waals surface area contributed by atoms with Crippen molar-refractivity contribution in [2.24, 2.45) is 0 Å². The van der Waals surface area contributed by atoms with Crippen LogP contribution in [-0.2, 0) is 0 Å². The van der Waals surface area contributed by atoms with Crippen LogP contribution in [0.1, 0.15) is 37.8 Å². The predicted molar refractivity (Wildman–Crippen MR) is 63.8 cm³/mol. The molecule has 1 aliphatic carbocycles. The van der Waals surface area contributed by atoms with E-state index >= 15 is 0 Å². The number of rotatable bonds is 1. The van der Waals surface area contributed by atoms with Crippen molar-refractivity contribution < 1.29 is 0 Å². The van der Waals surface area contributed by atoms with Crippen LogP contribution in [0.25, 0.3) is 5.57 Å². The lowest BCUT2D eigenvalue weighted by atomic mass is 9.81. The van der Waals surface area contributed by atoms with E-state index in [9.17, 15) is 0 Å². The zero-order valence-electron chi connectivity index (χ0n) is 9.45. The van der Waals surface area contributed by atoms with Crippen molar-refractivity contribution in [1.82, 2.24) is 15.5 Å². The number of allylic oxidation sites excluding steroid dienone is 1. The fourth-order valence-corrected chi connectivity index (χ4v) is 2.86. The molecule has 0 aromatic carbocycles. The zero-order chi connectivity index (χ0) is 10.8. The summed E-state index contributed by atoms with van der Waals surface area (Å²) in [6, 6.07) is 4.01. The standard InChI is InChI=1S/C13H17N3/c1-3-12(16-15-10-1)11-4-7-13(8-5-11)6-2-9-14-13/h1,3-4,10,14H,2,5-9H2. The van der Waals surface area contributed by atoms with Gasteiger partial charge in [-0.25, -0.2) is 0 Å². The first-order chi connectivity index (χ1) is 7.88. The molecule has 3 nitrogen and oxygen atoms in total. The Morgan fingerprint density at radius 1 is 1.31 bits per heavy atom. The molecule has 16 heavy (non-hydrogen) atoms. The quantitative estimate of drug-likeness (QED) is 0.780. The van der Waals surface area contributed by atoms with Gasteiger partial charge in [0, 0.05) is 11.7 Å². The van der Waals surface area contributed by atoms with Crippen molar-refractivity contribution in [3.8, 4) is 0 Å². The summed E-state index contributed by atoms with van der Waals surface area (Å²) >= 11 is 0. The van der Waals surface area contributed by atoms with Crippen LogP contribution in [0.5, 0.6) is 0 Å². The van der Waals surface area contributed by atoms with Crippen LogP contribution >= 0.6 is 0 Å². The van der Waals surface area contributed by atoms with Gasteiger partial charge in [0.25, 0.3) is 0 Å². The molecule has 3 heteroatoms. The maximum Gasteiger partial charge on any atom is 0.0886 e. The van der Waals surface area contributed by atoms with Gasteiger partial charge in [-0.3, -0.25) is 0 Å². The van der Waals surface area contributed by atoms with Crippen molar-refractivity contribution >= 4 is 5.57 Å². The Bertz CT molecular complexity index is 391. The lowest BCUT2D eigenvalue weighted by molar-refractivity contribution is 0.347. The van der Waals surface area contributed by atoms with E-state index in [0.717, 1.165) is 18.5 Å². The lowest BCUT2D eigenvalue weighted by Gasteiger charge is -2.32. The maximum absolute atomic E-state index is 4.18. The number of hydrogen-bond acceptors (Lipinski definition) is 3. The molecule has 1 fully saturated rings. The van der Waals surface area contributed by atoms with Gasteiger partial charge in [-0.1, -0.05) is 6.08 Å². The minimum Gasteiger partial charge on any atom is -0.311 e. The maximum atomic E-state index is 4.18. The summed E-state index contributed by atoms with van der Waals surface area (Å²) < 4.78 is 0. The molecule has 1 unspecified atom stereocenters. The van der Waals surface area contributed by atoms with Crippen LogP contribution in [0.3, 0.4) is 0 Å². The fraction of sp³-hybridized carbons (Fsp3) is 0.538. The Morgan fingerprint density at radius 3 is 2.94 bits per heavy atom. The Hall–Kier alpha value is -1.22. The minimum absolute atomic E-state index is 0.408. The van der Waals surface area contributed by atoms with E-state index in [1.165, 1.54) is 31.4 Å². The second kappa shape index (κ2) is 3.98. The Balaban J connectivity index is 1.79. The molecule has 1 N–H and O–H groups in total. The van der Waals surface area contributed by atoms with E-state index in [4.69, 9.17) is 0 Å². The molecule has 1 atom stereocenters. The third-order valence-electron chi connectivity index (χ3n) is 3.85. The largest absolute Gasteiger partial charge is 0.311 e. The molecular weight excluding hydrogens is 198 g/mol. The van der Waals surface area contributed by atoms with Gasteiger partial charge in [0.15, 0.2) is 0 Å². The highest BCUT2D eigenvalue weighted by Gasteiger charge is 2.34. The van der Waals surface area contributed by atoms with Crippen LogP contribution < -0.4 is 5.32 Å². The van der Waals surface area contributed by atoms with Crippen molar-refractivity contribution in [3.63, 3.8) is 0 Å². The number of aromatic nitrogens is 2. The van der Waals surface area contributed by atoms with E-state index in [0.29, 0.717) is 5.54 Å². The predicted octanol–water partition coefficient (Wildman–Crippen LogP) is 2.17. The third kappa shape index (κ3) is 1.76. The molecule has 2 heterocycles. The fourth-order valence-electron chi connectivity index (χ4n) is 2.86. The van der Waals surface area contributed by atoms with Gasteiger partial charge in [-0.2, -0.15) is 10.2 Å². The van der Waals surface area contributed by atoms with Crippen LogP contribution in [0.4, 0.5) is 0 Å². The molecule has 2 aliphatic rings. The van der Waals surface area contributed by atoms with Crippen LogP contribution in [-0.4, -0.2) is 22.3 Å². The van der Waals surface area contributed by atoms with Gasteiger partial charge >= 0.3 is 0 Å². The van der Waals surface area contributed by atoms with Crippen LogP contribution in [0.2, 0.25) is 0 Å². The molecule has 1 aromatic rings. The second-order valence-electron chi connectivity index (χ2n) is 4.85. The number of nitrogens with zero attached hydrogens (tertiary/aromatic N) is 2. The van der Waals surface area contributed by atoms with Crippen molar-refractivity contribution in [3.05, 3.63) is 30.1 Å². The summed E-state index contributed by atoms with van der Waals surface area (Å²) in [7, 11) is 0. The average molecular weight is 215 g/mol. The van der Waals surface area contributed by atoms with Gasteiger partial charge in [0.05, 0.1) is 5.69 Å². The molecule has 1 spiro atoms. The van der Waals surface area contributed by atoms with E-state index in [1.54, 1.807) is 6.20 Å². The Morgan fingerprint density at radius 2 is 2.31 bits per heavy atom. The number of hydrogen-bond donors (Lipinski definition) is 1. The normalized spacial score (nSPS) is 29.4. The third-order valence-corrected chi connectivity index (χ3v) is 3.85. The molecule has 0 amide bonds. The molecule has 3 rings (SSSR count). The topological polar surface area (TPSA) is 37.8 Å². The first-order valence-corrected chi connectivity index (χ1v) is 6.10. The summed E-state index contributed by atoms with van der Waals surface area (Å²) in [5.41, 5.74) is 2.83. The number of nitrogens with one attached hydrogen (secondary N) is 1. The van der Waals surface area contributed by atoms with Gasteiger partial charge < -0.3 is 5.32 Å².